The van der Waals surface area contributed by atoms with E-state index in [1.807, 2.05) is 12.1 Å². The zero-order chi connectivity index (χ0) is 13.7. The topological polar surface area (TPSA) is 50.7 Å². The van der Waals surface area contributed by atoms with Crippen molar-refractivity contribution in [2.24, 2.45) is 5.92 Å². The first-order valence-corrected chi connectivity index (χ1v) is 7.49. The van der Waals surface area contributed by atoms with Gasteiger partial charge in [-0.3, -0.25) is 4.98 Å². The highest BCUT2D eigenvalue weighted by Gasteiger charge is 2.07. The fourth-order valence-electron chi connectivity index (χ4n) is 1.55. The van der Waals surface area contributed by atoms with Crippen LogP contribution in [0.15, 0.2) is 18.3 Å². The molecule has 0 fully saturated rings. The van der Waals surface area contributed by atoms with Crippen molar-refractivity contribution in [1.82, 2.24) is 20.5 Å². The monoisotopic (exact) mass is 296 g/mol. The van der Waals surface area contributed by atoms with Gasteiger partial charge in [0.15, 0.2) is 5.01 Å². The number of hydrogen-bond donors (Lipinski definition) is 1. The minimum atomic E-state index is 0.631. The van der Waals surface area contributed by atoms with Gasteiger partial charge in [-0.15, -0.1) is 10.2 Å². The Labute approximate surface area is 122 Å². The minimum Gasteiger partial charge on any atom is -0.316 e. The smallest absolute Gasteiger partial charge is 0.166 e. The zero-order valence-corrected chi connectivity index (χ0v) is 12.6. The first kappa shape index (κ1) is 14.4. The van der Waals surface area contributed by atoms with E-state index in [-0.39, 0.29) is 0 Å². The van der Waals surface area contributed by atoms with Gasteiger partial charge in [0.05, 0.1) is 5.02 Å². The van der Waals surface area contributed by atoms with Crippen molar-refractivity contribution in [3.63, 3.8) is 0 Å². The predicted octanol–water partition coefficient (Wildman–Crippen LogP) is 3.04. The van der Waals surface area contributed by atoms with Crippen molar-refractivity contribution in [2.75, 3.05) is 13.1 Å². The molecule has 6 heteroatoms. The molecule has 0 bridgehead atoms. The Balaban J connectivity index is 1.90. The van der Waals surface area contributed by atoms with E-state index >= 15 is 0 Å². The van der Waals surface area contributed by atoms with E-state index in [1.54, 1.807) is 17.5 Å². The summed E-state index contributed by atoms with van der Waals surface area (Å²) in [6.45, 7) is 6.36. The molecule has 2 aromatic rings. The summed E-state index contributed by atoms with van der Waals surface area (Å²) in [7, 11) is 0. The molecule has 0 aliphatic rings. The summed E-state index contributed by atoms with van der Waals surface area (Å²) in [6.07, 6.45) is 2.53. The molecule has 0 saturated carbocycles. The van der Waals surface area contributed by atoms with Crippen LogP contribution in [0.4, 0.5) is 0 Å². The second-order valence-electron chi connectivity index (χ2n) is 4.71. The summed E-state index contributed by atoms with van der Waals surface area (Å²) in [5.74, 6) is 0.670. The summed E-state index contributed by atoms with van der Waals surface area (Å²) >= 11 is 7.39. The minimum absolute atomic E-state index is 0.631. The summed E-state index contributed by atoms with van der Waals surface area (Å²) in [4.78, 5) is 4.24. The molecule has 0 spiro atoms. The lowest BCUT2D eigenvalue weighted by atomic mass is 10.2. The molecule has 0 atom stereocenters. The molecule has 102 valence electrons. The van der Waals surface area contributed by atoms with Gasteiger partial charge < -0.3 is 5.32 Å². The molecular formula is C13H17ClN4S. The lowest BCUT2D eigenvalue weighted by molar-refractivity contribution is 0.553. The average molecular weight is 297 g/mol. The molecule has 0 aliphatic heterocycles. The van der Waals surface area contributed by atoms with Gasteiger partial charge in [-0.25, -0.2) is 0 Å². The Morgan fingerprint density at radius 1 is 1.32 bits per heavy atom. The van der Waals surface area contributed by atoms with Crippen LogP contribution in [0.2, 0.25) is 5.02 Å². The molecule has 0 unspecified atom stereocenters. The molecule has 0 aliphatic carbocycles. The van der Waals surface area contributed by atoms with Crippen molar-refractivity contribution in [1.29, 1.82) is 0 Å². The van der Waals surface area contributed by atoms with Gasteiger partial charge in [0.2, 0.25) is 0 Å². The molecule has 0 amide bonds. The third kappa shape index (κ3) is 4.53. The Morgan fingerprint density at radius 2 is 2.16 bits per heavy atom. The number of halogens is 1. The van der Waals surface area contributed by atoms with Gasteiger partial charge in [0.25, 0.3) is 0 Å². The zero-order valence-electron chi connectivity index (χ0n) is 11.1. The van der Waals surface area contributed by atoms with Crippen LogP contribution in [0.1, 0.15) is 18.9 Å². The van der Waals surface area contributed by atoms with E-state index in [2.05, 4.69) is 34.3 Å². The maximum Gasteiger partial charge on any atom is 0.166 e. The summed E-state index contributed by atoms with van der Waals surface area (Å²) in [5.41, 5.74) is 0.822. The summed E-state index contributed by atoms with van der Waals surface area (Å²) in [5, 5.41) is 14.3. The number of nitrogens with zero attached hydrogens (tertiary/aromatic N) is 3. The Kier molecular flexibility index (Phi) is 5.24. The highest BCUT2D eigenvalue weighted by Crippen LogP contribution is 2.22. The van der Waals surface area contributed by atoms with E-state index in [9.17, 15) is 0 Å². The number of nitrogens with one attached hydrogen (secondary N) is 1. The second kappa shape index (κ2) is 6.93. The Morgan fingerprint density at radius 3 is 2.84 bits per heavy atom. The predicted molar refractivity (Wildman–Crippen MR) is 79.6 cm³/mol. The maximum absolute atomic E-state index is 5.81. The normalized spacial score (nSPS) is 11.2. The van der Waals surface area contributed by atoms with Crippen molar-refractivity contribution in [3.8, 4) is 10.7 Å². The van der Waals surface area contributed by atoms with Crippen molar-refractivity contribution < 1.29 is 0 Å². The number of rotatable bonds is 6. The van der Waals surface area contributed by atoms with Crippen LogP contribution >= 0.6 is 22.9 Å². The van der Waals surface area contributed by atoms with E-state index in [0.717, 1.165) is 35.2 Å². The van der Waals surface area contributed by atoms with Crippen molar-refractivity contribution in [3.05, 3.63) is 28.4 Å². The molecule has 2 rings (SSSR count). The largest absolute Gasteiger partial charge is 0.316 e. The number of pyridine rings is 1. The molecule has 2 aromatic heterocycles. The molecule has 4 nitrogen and oxygen atoms in total. The van der Waals surface area contributed by atoms with Gasteiger partial charge in [-0.1, -0.05) is 36.8 Å². The highest BCUT2D eigenvalue weighted by molar-refractivity contribution is 7.14. The lowest BCUT2D eigenvalue weighted by Crippen LogP contribution is -2.22. The third-order valence-electron chi connectivity index (χ3n) is 2.48. The molecule has 0 aromatic carbocycles. The van der Waals surface area contributed by atoms with Crippen LogP contribution in [-0.4, -0.2) is 28.3 Å². The Bertz CT molecular complexity index is 510. The van der Waals surface area contributed by atoms with Crippen LogP contribution < -0.4 is 5.32 Å². The van der Waals surface area contributed by atoms with Gasteiger partial charge in [0.1, 0.15) is 10.7 Å². The fourth-order valence-corrected chi connectivity index (χ4v) is 2.47. The third-order valence-corrected chi connectivity index (χ3v) is 3.71. The van der Waals surface area contributed by atoms with E-state index in [4.69, 9.17) is 11.6 Å². The number of hydrogen-bond acceptors (Lipinski definition) is 5. The van der Waals surface area contributed by atoms with Gasteiger partial charge in [-0.05, 0) is 24.6 Å². The van der Waals surface area contributed by atoms with Crippen LogP contribution in [0, 0.1) is 5.92 Å². The summed E-state index contributed by atoms with van der Waals surface area (Å²) in [6, 6.07) is 3.68. The molecule has 1 N–H and O–H groups in total. The molecule has 19 heavy (non-hydrogen) atoms. The first-order valence-electron chi connectivity index (χ1n) is 6.30. The van der Waals surface area contributed by atoms with Crippen LogP contribution in [0.25, 0.3) is 10.7 Å². The van der Waals surface area contributed by atoms with Gasteiger partial charge >= 0.3 is 0 Å². The van der Waals surface area contributed by atoms with Crippen molar-refractivity contribution >= 4 is 22.9 Å². The standard InChI is InChI=1S/C13H17ClN4S/c1-9(2)7-15-6-5-12-17-18-13(19-12)11-4-3-10(14)8-16-11/h3-4,8-9,15H,5-7H2,1-2H3. The molecule has 0 radical (unpaired) electrons. The second-order valence-corrected chi connectivity index (χ2v) is 6.21. The quantitative estimate of drug-likeness (QED) is 0.833. The molecule has 2 heterocycles. The Hall–Kier alpha value is -1.04. The number of aromatic nitrogens is 3. The highest BCUT2D eigenvalue weighted by atomic mass is 35.5. The maximum atomic E-state index is 5.81. The van der Waals surface area contributed by atoms with Gasteiger partial charge in [-0.2, -0.15) is 0 Å². The molecule has 0 saturated heterocycles. The van der Waals surface area contributed by atoms with Crippen LogP contribution in [0.5, 0.6) is 0 Å². The average Bonchev–Trinajstić information content (AvgIpc) is 2.84. The van der Waals surface area contributed by atoms with E-state index in [0.29, 0.717) is 10.9 Å². The van der Waals surface area contributed by atoms with E-state index in [1.165, 1.54) is 0 Å². The van der Waals surface area contributed by atoms with Gasteiger partial charge in [0, 0.05) is 19.2 Å². The lowest BCUT2D eigenvalue weighted by Gasteiger charge is -2.05. The SMILES string of the molecule is CC(C)CNCCc1nnc(-c2ccc(Cl)cn2)s1. The summed E-state index contributed by atoms with van der Waals surface area (Å²) < 4.78 is 0. The van der Waals surface area contributed by atoms with E-state index < -0.39 is 0 Å². The van der Waals surface area contributed by atoms with Crippen LogP contribution in [0.3, 0.4) is 0 Å². The van der Waals surface area contributed by atoms with Crippen LogP contribution in [-0.2, 0) is 6.42 Å². The molecular weight excluding hydrogens is 280 g/mol. The first-order chi connectivity index (χ1) is 9.15. The van der Waals surface area contributed by atoms with Crippen molar-refractivity contribution in [2.45, 2.75) is 20.3 Å². The fraction of sp³-hybridized carbons (Fsp3) is 0.462.